The normalized spacial score (nSPS) is 29.0. The molecule has 1 fully saturated rings. The van der Waals surface area contributed by atoms with Crippen molar-refractivity contribution in [3.8, 4) is 0 Å². The number of carbonyl (C=O) groups is 3. The average Bonchev–Trinajstić information content (AvgIpc) is 2.79. The number of methoxy groups -OCH3 is 1. The van der Waals surface area contributed by atoms with Crippen LogP contribution in [-0.2, 0) is 19.1 Å². The van der Waals surface area contributed by atoms with E-state index in [4.69, 9.17) is 4.74 Å². The Hall–Kier alpha value is -1.75. The minimum atomic E-state index is -2.34. The molecule has 4 unspecified atom stereocenters. The van der Waals surface area contributed by atoms with Crippen LogP contribution < -0.4 is 0 Å². The van der Waals surface area contributed by atoms with E-state index in [0.29, 0.717) is 30.2 Å². The number of fused-ring (bicyclic) bond motifs is 2. The lowest BCUT2D eigenvalue weighted by Gasteiger charge is -2.62. The minimum absolute atomic E-state index is 0.0226. The molecule has 2 rings (SSSR count). The van der Waals surface area contributed by atoms with E-state index in [9.17, 15) is 4.79 Å². The van der Waals surface area contributed by atoms with Crippen molar-refractivity contribution >= 4 is 25.4 Å². The highest BCUT2D eigenvalue weighted by Crippen LogP contribution is 2.68. The lowest BCUT2D eigenvalue weighted by molar-refractivity contribution is -0.180. The lowest BCUT2D eigenvalue weighted by atomic mass is 9.38. The van der Waals surface area contributed by atoms with Crippen molar-refractivity contribution in [3.63, 3.8) is 0 Å². The molecule has 226 valence electrons. The molecule has 0 heterocycles. The van der Waals surface area contributed by atoms with Crippen LogP contribution in [0.5, 0.6) is 0 Å². The van der Waals surface area contributed by atoms with Gasteiger partial charge in [0, 0.05) is 11.1 Å². The monoisotopic (exact) mass is 570 g/mol. The third-order valence-electron chi connectivity index (χ3n) is 9.50. The van der Waals surface area contributed by atoms with Gasteiger partial charge < -0.3 is 4.74 Å². The molecule has 0 spiro atoms. The van der Waals surface area contributed by atoms with Crippen molar-refractivity contribution in [2.75, 3.05) is 7.11 Å². The van der Waals surface area contributed by atoms with Gasteiger partial charge in [0.1, 0.15) is 5.76 Å². The molecule has 0 saturated heterocycles. The Labute approximate surface area is 246 Å². The molecule has 1 saturated carbocycles. The van der Waals surface area contributed by atoms with Gasteiger partial charge in [-0.3, -0.25) is 14.4 Å². The van der Waals surface area contributed by atoms with E-state index in [1.165, 1.54) is 5.57 Å². The van der Waals surface area contributed by atoms with Gasteiger partial charge in [-0.1, -0.05) is 90.9 Å². The number of ether oxygens (including phenoxy) is 1. The van der Waals surface area contributed by atoms with E-state index in [0.717, 1.165) is 24.8 Å². The summed E-state index contributed by atoms with van der Waals surface area (Å²) in [6, 6.07) is 0. The Kier molecular flexibility index (Phi) is 10.2. The summed E-state index contributed by atoms with van der Waals surface area (Å²) in [7, 11) is -0.733. The van der Waals surface area contributed by atoms with Crippen LogP contribution in [0.1, 0.15) is 108 Å². The number of allylic oxidation sites excluding steroid dienone is 6. The van der Waals surface area contributed by atoms with Crippen LogP contribution in [0.4, 0.5) is 0 Å². The number of ketones is 3. The van der Waals surface area contributed by atoms with Crippen LogP contribution in [0.15, 0.2) is 34.3 Å². The van der Waals surface area contributed by atoms with E-state index in [-0.39, 0.29) is 28.7 Å². The summed E-state index contributed by atoms with van der Waals surface area (Å²) in [6.07, 6.45) is 8.62. The lowest BCUT2D eigenvalue weighted by Crippen LogP contribution is -2.72. The van der Waals surface area contributed by atoms with Gasteiger partial charge in [0.05, 0.1) is 20.6 Å². The molecule has 2 aliphatic carbocycles. The fraction of sp³-hybridized carbons (Fsp3) is 0.743. The molecular weight excluding hydrogens is 512 g/mol. The van der Waals surface area contributed by atoms with E-state index < -0.39 is 30.2 Å². The third kappa shape index (κ3) is 5.92. The van der Waals surface area contributed by atoms with Crippen LogP contribution in [-0.4, -0.2) is 32.5 Å². The molecule has 4 nitrogen and oxygen atoms in total. The Morgan fingerprint density at radius 2 is 1.60 bits per heavy atom. The van der Waals surface area contributed by atoms with Gasteiger partial charge in [-0.25, -0.2) is 0 Å². The van der Waals surface area contributed by atoms with Crippen LogP contribution in [0.25, 0.3) is 0 Å². The quantitative estimate of drug-likeness (QED) is 0.141. The van der Waals surface area contributed by atoms with E-state index >= 15 is 9.59 Å². The van der Waals surface area contributed by atoms with Crippen molar-refractivity contribution in [1.29, 1.82) is 0 Å². The summed E-state index contributed by atoms with van der Waals surface area (Å²) in [6.45, 7) is 27.2. The predicted molar refractivity (Wildman–Crippen MR) is 170 cm³/mol. The highest BCUT2D eigenvalue weighted by molar-refractivity contribution is 6.88. The Morgan fingerprint density at radius 1 is 1.05 bits per heavy atom. The molecule has 2 bridgehead atoms. The summed E-state index contributed by atoms with van der Waals surface area (Å²) in [5.41, 5.74) is -1.08. The summed E-state index contributed by atoms with van der Waals surface area (Å²) in [5, 5.41) is 0.661. The number of hydrogen-bond donors (Lipinski definition) is 0. The average molecular weight is 571 g/mol. The molecule has 0 amide bonds. The largest absolute Gasteiger partial charge is 0.500 e. The van der Waals surface area contributed by atoms with Crippen LogP contribution in [0.2, 0.25) is 19.6 Å². The second kappa shape index (κ2) is 11.9. The first-order valence-corrected chi connectivity index (χ1v) is 18.8. The Morgan fingerprint density at radius 3 is 2.02 bits per heavy atom. The van der Waals surface area contributed by atoms with Crippen LogP contribution in [0, 0.1) is 33.5 Å². The minimum Gasteiger partial charge on any atom is -0.500 e. The van der Waals surface area contributed by atoms with Crippen molar-refractivity contribution in [3.05, 3.63) is 34.3 Å². The molecule has 0 aromatic rings. The van der Waals surface area contributed by atoms with Crippen molar-refractivity contribution in [1.82, 2.24) is 0 Å². The highest BCUT2D eigenvalue weighted by atomic mass is 28.3. The fourth-order valence-electron chi connectivity index (χ4n) is 7.41. The molecule has 4 atom stereocenters. The second-order valence-electron chi connectivity index (χ2n) is 15.9. The SMILES string of the molecule is COC1=C([Si](C)(C)C)C(=O)C2(C(=O)C(C)C)C(=O)C1(CC=C(C)C)CC(CC=C(C)C)C2(C)CCCC(C)(C)C. The van der Waals surface area contributed by atoms with Crippen molar-refractivity contribution in [2.45, 2.75) is 127 Å². The molecule has 0 aromatic heterocycles. The second-order valence-corrected chi connectivity index (χ2v) is 20.9. The Balaban J connectivity index is 3.14. The van der Waals surface area contributed by atoms with Crippen molar-refractivity contribution < 1.29 is 19.1 Å². The summed E-state index contributed by atoms with van der Waals surface area (Å²) >= 11 is 0. The molecule has 0 aromatic carbocycles. The molecule has 0 radical (unpaired) electrons. The smallest absolute Gasteiger partial charge is 0.179 e. The molecule has 0 aliphatic heterocycles. The van der Waals surface area contributed by atoms with E-state index in [1.807, 2.05) is 27.7 Å². The van der Waals surface area contributed by atoms with E-state index in [2.05, 4.69) is 73.3 Å². The van der Waals surface area contributed by atoms with Gasteiger partial charge >= 0.3 is 0 Å². The summed E-state index contributed by atoms with van der Waals surface area (Å²) < 4.78 is 6.16. The van der Waals surface area contributed by atoms with Crippen molar-refractivity contribution in [2.24, 2.45) is 33.5 Å². The van der Waals surface area contributed by atoms with E-state index in [1.54, 1.807) is 7.11 Å². The number of hydrogen-bond acceptors (Lipinski definition) is 4. The fourth-order valence-corrected chi connectivity index (χ4v) is 9.31. The topological polar surface area (TPSA) is 60.4 Å². The number of Topliss-reactive ketones (excluding diaryl/α,β-unsaturated/α-hetero) is 3. The first-order chi connectivity index (χ1) is 18.1. The van der Waals surface area contributed by atoms with Crippen LogP contribution in [0.3, 0.4) is 0 Å². The number of rotatable bonds is 11. The molecule has 2 aliphatic rings. The number of carbonyl (C=O) groups excluding carboxylic acids is 3. The van der Waals surface area contributed by atoms with Crippen LogP contribution >= 0.6 is 0 Å². The highest BCUT2D eigenvalue weighted by Gasteiger charge is 2.76. The van der Waals surface area contributed by atoms with Gasteiger partial charge in [0.25, 0.3) is 0 Å². The molecule has 5 heteroatoms. The maximum absolute atomic E-state index is 15.3. The zero-order valence-electron chi connectivity index (χ0n) is 28.2. The Bertz CT molecular complexity index is 1100. The molecule has 0 N–H and O–H groups in total. The maximum Gasteiger partial charge on any atom is 0.179 e. The standard InChI is InChI=1S/C35H58O4Si/c1-23(2)16-17-26-22-34(21-18-24(3)4)30(39-11)27(40(12,13)14)29(37)35(31(34)38,28(36)25(5)6)33(26,10)20-15-19-32(7,8)9/h16,18,25-26H,15,17,19-22H2,1-14H3. The summed E-state index contributed by atoms with van der Waals surface area (Å²) in [4.78, 5) is 45.3. The zero-order valence-corrected chi connectivity index (χ0v) is 29.2. The first-order valence-electron chi connectivity index (χ1n) is 15.3. The predicted octanol–water partition coefficient (Wildman–Crippen LogP) is 9.07. The summed E-state index contributed by atoms with van der Waals surface area (Å²) in [5.74, 6) is -0.567. The van der Waals surface area contributed by atoms with Gasteiger partial charge in [-0.2, -0.15) is 0 Å². The molecular formula is C35H58O4Si. The van der Waals surface area contributed by atoms with Gasteiger partial charge in [0.2, 0.25) is 0 Å². The zero-order chi connectivity index (χ0) is 31.1. The first kappa shape index (κ1) is 34.4. The van der Waals surface area contributed by atoms with Gasteiger partial charge in [-0.05, 0) is 76.5 Å². The maximum atomic E-state index is 15.3. The van der Waals surface area contributed by atoms with Gasteiger partial charge in [-0.15, -0.1) is 0 Å². The van der Waals surface area contributed by atoms with Gasteiger partial charge in [0.15, 0.2) is 22.8 Å². The third-order valence-corrected chi connectivity index (χ3v) is 11.5. The molecule has 40 heavy (non-hydrogen) atoms.